The molecule has 0 bridgehead atoms. The van der Waals surface area contributed by atoms with Crippen molar-refractivity contribution in [1.82, 2.24) is 5.32 Å². The maximum atomic E-state index is 13.2. The van der Waals surface area contributed by atoms with Crippen LogP contribution < -0.4 is 5.32 Å². The fourth-order valence-electron chi connectivity index (χ4n) is 7.44. The first-order valence-corrected chi connectivity index (χ1v) is 24.7. The molecule has 57 heavy (non-hydrogen) atoms. The Morgan fingerprint density at radius 1 is 0.509 bits per heavy atom. The summed E-state index contributed by atoms with van der Waals surface area (Å²) in [5, 5.41) is 23.7. The maximum absolute atomic E-state index is 13.2. The van der Waals surface area contributed by atoms with Crippen molar-refractivity contribution in [2.75, 3.05) is 6.61 Å². The molecule has 0 saturated heterocycles. The molecule has 0 fully saturated rings. The molecule has 0 saturated carbocycles. The lowest BCUT2D eigenvalue weighted by Crippen LogP contribution is -2.46. The van der Waals surface area contributed by atoms with E-state index in [0.29, 0.717) is 19.3 Å². The highest BCUT2D eigenvalue weighted by Gasteiger charge is 2.24. The molecule has 6 nitrogen and oxygen atoms in total. The lowest BCUT2D eigenvalue weighted by Gasteiger charge is -2.24. The van der Waals surface area contributed by atoms with Gasteiger partial charge in [0.2, 0.25) is 5.91 Å². The topological polar surface area (TPSA) is 95.9 Å². The highest BCUT2D eigenvalue weighted by atomic mass is 16.5. The minimum Gasteiger partial charge on any atom is -0.462 e. The molecule has 1 amide bonds. The number of ether oxygens (including phenoxy) is 1. The van der Waals surface area contributed by atoms with Crippen LogP contribution in [0.2, 0.25) is 0 Å². The maximum Gasteiger partial charge on any atom is 0.306 e. The minimum absolute atomic E-state index is 0.0551. The number of amides is 1. The van der Waals surface area contributed by atoms with Crippen molar-refractivity contribution in [1.29, 1.82) is 0 Å². The third kappa shape index (κ3) is 40.6. The van der Waals surface area contributed by atoms with Gasteiger partial charge in [-0.25, -0.2) is 0 Å². The van der Waals surface area contributed by atoms with Crippen LogP contribution >= 0.6 is 0 Å². The lowest BCUT2D eigenvalue weighted by atomic mass is 10.0. The fraction of sp³-hybridized carbons (Fsp3) is 0.843. The molecule has 3 unspecified atom stereocenters. The molecular weight excluding hydrogens is 707 g/mol. The number of hydrogen-bond donors (Lipinski definition) is 3. The van der Waals surface area contributed by atoms with E-state index in [1.165, 1.54) is 135 Å². The molecule has 0 aliphatic rings. The predicted octanol–water partition coefficient (Wildman–Crippen LogP) is 14.5. The van der Waals surface area contributed by atoms with Gasteiger partial charge < -0.3 is 20.3 Å². The number of aliphatic hydroxyl groups excluding tert-OH is 2. The molecule has 0 heterocycles. The highest BCUT2D eigenvalue weighted by Crippen LogP contribution is 2.17. The largest absolute Gasteiger partial charge is 0.462 e. The zero-order chi connectivity index (χ0) is 41.7. The van der Waals surface area contributed by atoms with Gasteiger partial charge in [0.15, 0.2) is 0 Å². The Balaban J connectivity index is 4.66. The molecule has 0 radical (unpaired) electrons. The third-order valence-electron chi connectivity index (χ3n) is 11.2. The fourth-order valence-corrected chi connectivity index (χ4v) is 7.44. The summed E-state index contributed by atoms with van der Waals surface area (Å²) < 4.78 is 5.90. The van der Waals surface area contributed by atoms with Crippen LogP contribution in [0.4, 0.5) is 0 Å². The summed E-state index contributed by atoms with van der Waals surface area (Å²) in [6, 6.07) is -0.709. The van der Waals surface area contributed by atoms with Crippen LogP contribution in [0, 0.1) is 0 Å². The Labute approximate surface area is 353 Å². The summed E-state index contributed by atoms with van der Waals surface area (Å²) in [5.41, 5.74) is 0. The van der Waals surface area contributed by atoms with E-state index in [4.69, 9.17) is 4.74 Å². The van der Waals surface area contributed by atoms with E-state index in [1.807, 2.05) is 0 Å². The zero-order valence-corrected chi connectivity index (χ0v) is 38.0. The van der Waals surface area contributed by atoms with Crippen LogP contribution in [0.15, 0.2) is 36.5 Å². The lowest BCUT2D eigenvalue weighted by molar-refractivity contribution is -0.151. The second-order valence-corrected chi connectivity index (χ2v) is 16.9. The highest BCUT2D eigenvalue weighted by molar-refractivity contribution is 5.77. The Kier molecular flexibility index (Phi) is 43.6. The van der Waals surface area contributed by atoms with E-state index < -0.39 is 18.2 Å². The van der Waals surface area contributed by atoms with Gasteiger partial charge in [-0.1, -0.05) is 211 Å². The number of aliphatic hydroxyl groups is 2. The van der Waals surface area contributed by atoms with E-state index in [1.54, 1.807) is 0 Å². The quantitative estimate of drug-likeness (QED) is 0.0324. The molecule has 0 aliphatic carbocycles. The van der Waals surface area contributed by atoms with Gasteiger partial charge in [0.05, 0.1) is 25.2 Å². The van der Waals surface area contributed by atoms with Crippen LogP contribution in [0.25, 0.3) is 0 Å². The second kappa shape index (κ2) is 45.2. The van der Waals surface area contributed by atoms with Gasteiger partial charge in [-0.2, -0.15) is 0 Å². The van der Waals surface area contributed by atoms with Crippen LogP contribution in [-0.4, -0.2) is 46.9 Å². The summed E-state index contributed by atoms with van der Waals surface area (Å²) in [6.45, 7) is 6.43. The number of carbonyl (C=O) groups is 2. The second-order valence-electron chi connectivity index (χ2n) is 16.9. The van der Waals surface area contributed by atoms with Gasteiger partial charge in [0.25, 0.3) is 0 Å². The SMILES string of the molecule is CCCCC/C=C\C/C=C\C/C=C\CCCCC(CC(=O)NC(CO)C(O)CCCCCCCCCCCCC)OC(=O)CCCCCCCCCCCCCC. The number of nitrogens with one attached hydrogen (secondary N) is 1. The molecule has 3 atom stereocenters. The first-order chi connectivity index (χ1) is 28.0. The van der Waals surface area contributed by atoms with Crippen LogP contribution in [0.3, 0.4) is 0 Å². The van der Waals surface area contributed by atoms with Crippen molar-refractivity contribution in [2.45, 2.75) is 270 Å². The van der Waals surface area contributed by atoms with Gasteiger partial charge >= 0.3 is 5.97 Å². The smallest absolute Gasteiger partial charge is 0.306 e. The van der Waals surface area contributed by atoms with E-state index >= 15 is 0 Å². The van der Waals surface area contributed by atoms with Gasteiger partial charge in [-0.15, -0.1) is 0 Å². The third-order valence-corrected chi connectivity index (χ3v) is 11.2. The Bertz CT molecular complexity index is 946. The number of hydrogen-bond acceptors (Lipinski definition) is 5. The molecule has 0 rings (SSSR count). The van der Waals surface area contributed by atoms with Crippen molar-refractivity contribution < 1.29 is 24.5 Å². The van der Waals surface area contributed by atoms with E-state index in [9.17, 15) is 19.8 Å². The normalized spacial score (nSPS) is 13.6. The molecule has 6 heteroatoms. The summed E-state index contributed by atoms with van der Waals surface area (Å²) in [5.74, 6) is -0.504. The van der Waals surface area contributed by atoms with Gasteiger partial charge in [0.1, 0.15) is 6.10 Å². The molecule has 334 valence electrons. The van der Waals surface area contributed by atoms with Crippen molar-refractivity contribution >= 4 is 11.9 Å². The Morgan fingerprint density at radius 3 is 1.37 bits per heavy atom. The molecule has 0 aromatic heterocycles. The molecule has 0 aromatic carbocycles. The number of unbranched alkanes of at least 4 members (excludes halogenated alkanes) is 26. The first-order valence-electron chi connectivity index (χ1n) is 24.7. The van der Waals surface area contributed by atoms with Crippen molar-refractivity contribution in [3.63, 3.8) is 0 Å². The molecule has 0 spiro atoms. The van der Waals surface area contributed by atoms with E-state index in [0.717, 1.165) is 70.6 Å². The van der Waals surface area contributed by atoms with Crippen LogP contribution in [0.5, 0.6) is 0 Å². The van der Waals surface area contributed by atoms with Gasteiger partial charge in [-0.3, -0.25) is 9.59 Å². The van der Waals surface area contributed by atoms with Crippen LogP contribution in [-0.2, 0) is 14.3 Å². The van der Waals surface area contributed by atoms with E-state index in [-0.39, 0.29) is 24.9 Å². The molecule has 3 N–H and O–H groups in total. The monoisotopic (exact) mass is 802 g/mol. The summed E-state index contributed by atoms with van der Waals surface area (Å²) in [7, 11) is 0. The average molecular weight is 802 g/mol. The zero-order valence-electron chi connectivity index (χ0n) is 38.0. The number of esters is 1. The predicted molar refractivity (Wildman–Crippen MR) is 246 cm³/mol. The van der Waals surface area contributed by atoms with Crippen molar-refractivity contribution in [2.24, 2.45) is 0 Å². The van der Waals surface area contributed by atoms with Gasteiger partial charge in [0, 0.05) is 6.42 Å². The van der Waals surface area contributed by atoms with Crippen molar-refractivity contribution in [3.05, 3.63) is 36.5 Å². The summed E-state index contributed by atoms with van der Waals surface area (Å²) >= 11 is 0. The van der Waals surface area contributed by atoms with Crippen LogP contribution in [0.1, 0.15) is 252 Å². The molecular formula is C51H95NO5. The number of rotatable bonds is 44. The summed E-state index contributed by atoms with van der Waals surface area (Å²) in [6.07, 6.45) is 52.0. The number of carbonyl (C=O) groups excluding carboxylic acids is 2. The average Bonchev–Trinajstić information content (AvgIpc) is 3.20. The van der Waals surface area contributed by atoms with Gasteiger partial charge in [-0.05, 0) is 64.2 Å². The Morgan fingerprint density at radius 2 is 0.895 bits per heavy atom. The number of allylic oxidation sites excluding steroid dienone is 6. The summed E-state index contributed by atoms with van der Waals surface area (Å²) in [4.78, 5) is 26.0. The first kappa shape index (κ1) is 55.1. The standard InChI is InChI=1S/C51H95NO5/c1-4-7-10-13-16-19-22-24-25-26-28-30-33-36-39-42-47(57-51(56)44-41-38-35-32-29-23-20-17-14-11-8-5-2)45-50(55)52-48(46-53)49(54)43-40-37-34-31-27-21-18-15-12-9-6-3/h16,19,24-25,28,30,47-49,53-54H,4-15,17-18,20-23,26-27,29,31-46H2,1-3H3,(H,52,55)/b19-16-,25-24-,30-28-. The molecule has 0 aliphatic heterocycles. The Hall–Kier alpha value is -1.92. The molecule has 0 aromatic rings. The minimum atomic E-state index is -0.794. The van der Waals surface area contributed by atoms with E-state index in [2.05, 4.69) is 62.5 Å². The van der Waals surface area contributed by atoms with Crippen molar-refractivity contribution in [3.8, 4) is 0 Å².